The molecule has 68 valence electrons. The van der Waals surface area contributed by atoms with Crippen LogP contribution in [0.3, 0.4) is 0 Å². The van der Waals surface area contributed by atoms with Crippen LogP contribution in [0, 0.1) is 0 Å². The molecule has 13 heavy (non-hydrogen) atoms. The van der Waals surface area contributed by atoms with Gasteiger partial charge in [-0.3, -0.25) is 4.99 Å². The van der Waals surface area contributed by atoms with Gasteiger partial charge in [0.25, 0.3) is 0 Å². The van der Waals surface area contributed by atoms with E-state index in [-0.39, 0.29) is 0 Å². The van der Waals surface area contributed by atoms with E-state index in [1.54, 1.807) is 12.3 Å². The molecule has 0 aromatic heterocycles. The second-order valence-corrected chi connectivity index (χ2v) is 2.47. The van der Waals surface area contributed by atoms with Gasteiger partial charge in [0.1, 0.15) is 0 Å². The minimum Gasteiger partial charge on any atom is -0.262 e. The van der Waals surface area contributed by atoms with E-state index in [2.05, 4.69) is 31.3 Å². The Bertz CT molecular complexity index is 290. The average Bonchev–Trinajstić information content (AvgIpc) is 2.13. The number of rotatable bonds is 5. The molecule has 0 aromatic carbocycles. The maximum Gasteiger partial charge on any atom is 0.0620 e. The summed E-state index contributed by atoms with van der Waals surface area (Å²) in [5.74, 6) is 0. The highest BCUT2D eigenvalue weighted by Crippen LogP contribution is 2.08. The van der Waals surface area contributed by atoms with Crippen molar-refractivity contribution in [3.05, 3.63) is 61.4 Å². The first-order valence-corrected chi connectivity index (χ1v) is 3.98. The lowest BCUT2D eigenvalue weighted by Crippen LogP contribution is -1.79. The Morgan fingerprint density at radius 3 is 2.23 bits per heavy atom. The highest BCUT2D eigenvalue weighted by atomic mass is 14.7. The first-order valence-electron chi connectivity index (χ1n) is 3.98. The van der Waals surface area contributed by atoms with Gasteiger partial charge in [0.2, 0.25) is 0 Å². The lowest BCUT2D eigenvalue weighted by molar-refractivity contribution is 1.38. The summed E-state index contributed by atoms with van der Waals surface area (Å²) in [4.78, 5) is 4.00. The van der Waals surface area contributed by atoms with Crippen LogP contribution < -0.4 is 0 Å². The van der Waals surface area contributed by atoms with Gasteiger partial charge in [0.15, 0.2) is 0 Å². The summed E-state index contributed by atoms with van der Waals surface area (Å²) in [7, 11) is 0. The Morgan fingerprint density at radius 1 is 1.15 bits per heavy atom. The van der Waals surface area contributed by atoms with Crippen molar-refractivity contribution in [2.75, 3.05) is 0 Å². The molecular formula is C12H15N. The molecule has 0 aromatic rings. The zero-order chi connectivity index (χ0) is 10.3. The largest absolute Gasteiger partial charge is 0.262 e. The summed E-state index contributed by atoms with van der Waals surface area (Å²) in [6.45, 7) is 16.7. The monoisotopic (exact) mass is 173 g/mol. The molecule has 0 aliphatic carbocycles. The third-order valence-electron chi connectivity index (χ3n) is 1.42. The van der Waals surface area contributed by atoms with Crippen molar-refractivity contribution in [3.63, 3.8) is 0 Å². The maximum absolute atomic E-state index is 4.00. The molecule has 0 saturated carbocycles. The first kappa shape index (κ1) is 11.4. The van der Waals surface area contributed by atoms with E-state index in [1.165, 1.54) is 0 Å². The third-order valence-corrected chi connectivity index (χ3v) is 1.42. The Hall–Kier alpha value is -1.63. The molecule has 0 fully saturated rings. The number of allylic oxidation sites excluding steroid dienone is 4. The molecule has 0 aliphatic heterocycles. The minimum atomic E-state index is 0.663. The number of nitrogens with zero attached hydrogens (tertiary/aromatic N) is 1. The molecule has 1 heteroatoms. The van der Waals surface area contributed by atoms with Crippen molar-refractivity contribution in [1.82, 2.24) is 0 Å². The van der Waals surface area contributed by atoms with Crippen LogP contribution in [-0.2, 0) is 0 Å². The Kier molecular flexibility index (Phi) is 5.20. The number of aliphatic imine (C=N–C) groups is 1. The second kappa shape index (κ2) is 5.95. The maximum atomic E-state index is 4.00. The highest BCUT2D eigenvalue weighted by molar-refractivity contribution is 5.57. The van der Waals surface area contributed by atoms with Gasteiger partial charge in [-0.15, -0.1) is 0 Å². The van der Waals surface area contributed by atoms with Crippen LogP contribution in [0.1, 0.15) is 6.92 Å². The summed E-state index contributed by atoms with van der Waals surface area (Å²) in [6, 6.07) is 0. The van der Waals surface area contributed by atoms with Gasteiger partial charge in [-0.25, -0.2) is 0 Å². The molecular weight excluding hydrogens is 158 g/mol. The van der Waals surface area contributed by atoms with E-state index < -0.39 is 0 Å². The van der Waals surface area contributed by atoms with Crippen molar-refractivity contribution < 1.29 is 0 Å². The van der Waals surface area contributed by atoms with E-state index in [9.17, 15) is 0 Å². The minimum absolute atomic E-state index is 0.663. The molecule has 0 unspecified atom stereocenters. The van der Waals surface area contributed by atoms with E-state index in [1.807, 2.05) is 19.1 Å². The third kappa shape index (κ3) is 4.75. The highest BCUT2D eigenvalue weighted by Gasteiger charge is 1.90. The fourth-order valence-electron chi connectivity index (χ4n) is 0.611. The quantitative estimate of drug-likeness (QED) is 0.446. The molecule has 0 bridgehead atoms. The fourth-order valence-corrected chi connectivity index (χ4v) is 0.611. The van der Waals surface area contributed by atoms with Gasteiger partial charge in [0, 0.05) is 6.21 Å². The van der Waals surface area contributed by atoms with Crippen molar-refractivity contribution in [2.24, 2.45) is 4.99 Å². The Labute approximate surface area is 80.2 Å². The second-order valence-electron chi connectivity index (χ2n) is 2.47. The molecule has 0 saturated heterocycles. The van der Waals surface area contributed by atoms with Crippen LogP contribution in [-0.4, -0.2) is 6.21 Å². The summed E-state index contributed by atoms with van der Waals surface area (Å²) in [5.41, 5.74) is 2.28. The summed E-state index contributed by atoms with van der Waals surface area (Å²) in [6.07, 6.45) is 7.00. The summed E-state index contributed by atoms with van der Waals surface area (Å²) >= 11 is 0. The molecule has 0 atom stereocenters. The van der Waals surface area contributed by atoms with Gasteiger partial charge in [-0.2, -0.15) is 0 Å². The fraction of sp³-hybridized carbons (Fsp3) is 0.0833. The SMILES string of the molecule is C=CC(=C)/C=C\C(=C)C(=C)N=CC. The Morgan fingerprint density at radius 2 is 1.77 bits per heavy atom. The van der Waals surface area contributed by atoms with Crippen molar-refractivity contribution in [3.8, 4) is 0 Å². The first-order chi connectivity index (χ1) is 6.11. The van der Waals surface area contributed by atoms with Crippen LogP contribution in [0.4, 0.5) is 0 Å². The van der Waals surface area contributed by atoms with E-state index in [0.717, 1.165) is 11.1 Å². The van der Waals surface area contributed by atoms with Crippen LogP contribution >= 0.6 is 0 Å². The predicted octanol–water partition coefficient (Wildman–Crippen LogP) is 3.45. The van der Waals surface area contributed by atoms with E-state index >= 15 is 0 Å². The molecule has 0 aliphatic rings. The zero-order valence-corrected chi connectivity index (χ0v) is 8.09. The molecule has 0 spiro atoms. The van der Waals surface area contributed by atoms with Gasteiger partial charge in [-0.05, 0) is 18.1 Å². The Balaban J connectivity index is 4.31. The van der Waals surface area contributed by atoms with Crippen LogP contribution in [0.2, 0.25) is 0 Å². The van der Waals surface area contributed by atoms with Gasteiger partial charge < -0.3 is 0 Å². The summed E-state index contributed by atoms with van der Waals surface area (Å²) < 4.78 is 0. The topological polar surface area (TPSA) is 12.4 Å². The molecule has 0 heterocycles. The molecule has 0 N–H and O–H groups in total. The van der Waals surface area contributed by atoms with E-state index in [0.29, 0.717) is 5.70 Å². The van der Waals surface area contributed by atoms with Gasteiger partial charge in [-0.1, -0.05) is 44.5 Å². The molecule has 0 amide bonds. The molecule has 0 rings (SSSR count). The molecule has 1 nitrogen and oxygen atoms in total. The van der Waals surface area contributed by atoms with Crippen LogP contribution in [0.15, 0.2) is 66.4 Å². The average molecular weight is 173 g/mol. The van der Waals surface area contributed by atoms with Gasteiger partial charge >= 0.3 is 0 Å². The molecule has 0 radical (unpaired) electrons. The van der Waals surface area contributed by atoms with Crippen molar-refractivity contribution in [2.45, 2.75) is 6.92 Å². The van der Waals surface area contributed by atoms with Crippen molar-refractivity contribution in [1.29, 1.82) is 0 Å². The number of hydrogen-bond donors (Lipinski definition) is 0. The zero-order valence-electron chi connectivity index (χ0n) is 8.09. The normalized spacial score (nSPS) is 10.5. The van der Waals surface area contributed by atoms with Crippen LogP contribution in [0.5, 0.6) is 0 Å². The van der Waals surface area contributed by atoms with Gasteiger partial charge in [0.05, 0.1) is 5.70 Å². The standard InChI is InChI=1S/C12H15N/c1-6-10(3)8-9-11(4)12(5)13-7-2/h6-9H,1,3-5H2,2H3/b9-8-,13-7?. The summed E-state index contributed by atoms with van der Waals surface area (Å²) in [5, 5.41) is 0. The smallest absolute Gasteiger partial charge is 0.0620 e. The van der Waals surface area contributed by atoms with Crippen molar-refractivity contribution >= 4 is 6.21 Å². The lowest BCUT2D eigenvalue weighted by Gasteiger charge is -1.96. The number of hydrogen-bond acceptors (Lipinski definition) is 1. The predicted molar refractivity (Wildman–Crippen MR) is 60.9 cm³/mol. The lowest BCUT2D eigenvalue weighted by atomic mass is 10.2. The van der Waals surface area contributed by atoms with E-state index in [4.69, 9.17) is 0 Å². The van der Waals surface area contributed by atoms with Crippen LogP contribution in [0.25, 0.3) is 0 Å².